The van der Waals surface area contributed by atoms with E-state index >= 15 is 0 Å². The molecule has 0 saturated carbocycles. The molecule has 0 aromatic heterocycles. The van der Waals surface area contributed by atoms with Crippen molar-refractivity contribution in [2.45, 2.75) is 73.1 Å². The van der Waals surface area contributed by atoms with Crippen LogP contribution in [0.3, 0.4) is 0 Å². The molecule has 0 bridgehead atoms. The highest BCUT2D eigenvalue weighted by Gasteiger charge is 2.35. The van der Waals surface area contributed by atoms with Crippen LogP contribution >= 0.6 is 0 Å². The molecule has 0 heterocycles. The summed E-state index contributed by atoms with van der Waals surface area (Å²) in [6.07, 6.45) is -0.691. The van der Waals surface area contributed by atoms with Gasteiger partial charge in [0.15, 0.2) is 0 Å². The zero-order chi connectivity index (χ0) is 18.4. The number of nitrogens with one attached hydrogen (secondary N) is 2. The number of hydrogen-bond acceptors (Lipinski definition) is 5. The molecular weight excluding hydrogens is 300 g/mol. The number of ether oxygens (including phenoxy) is 2. The molecule has 0 aromatic rings. The predicted octanol–water partition coefficient (Wildman–Crippen LogP) is 1.99. The lowest BCUT2D eigenvalue weighted by Crippen LogP contribution is -2.55. The van der Waals surface area contributed by atoms with E-state index in [1.165, 1.54) is 6.92 Å². The number of amides is 2. The van der Waals surface area contributed by atoms with E-state index in [1.54, 1.807) is 27.7 Å². The number of rotatable bonds is 5. The van der Waals surface area contributed by atoms with Crippen LogP contribution in [0.5, 0.6) is 0 Å². The lowest BCUT2D eigenvalue weighted by Gasteiger charge is -2.30. The SMILES string of the molecule is CCOC(=O)[C@@H](NC(=O)[C@@H](C)NC(=O)OC(C)(C)C)C(C)(C)C. The standard InChI is InChI=1S/C16H30N2O5/c1-9-22-13(20)11(15(3,4)5)18-12(19)10(2)17-14(21)23-16(6,7)8/h10-11H,9H2,1-8H3,(H,17,21)(H,18,19)/t10-,11-/m1/s1. The van der Waals surface area contributed by atoms with Crippen molar-refractivity contribution in [2.75, 3.05) is 6.61 Å². The Kier molecular flexibility index (Phi) is 7.54. The third-order valence-electron chi connectivity index (χ3n) is 2.80. The van der Waals surface area contributed by atoms with E-state index in [0.29, 0.717) is 0 Å². The molecular formula is C16H30N2O5. The average Bonchev–Trinajstić information content (AvgIpc) is 2.31. The van der Waals surface area contributed by atoms with E-state index in [0.717, 1.165) is 0 Å². The third kappa shape index (κ3) is 8.42. The highest BCUT2D eigenvalue weighted by molar-refractivity contribution is 5.89. The van der Waals surface area contributed by atoms with Gasteiger partial charge in [-0.05, 0) is 40.0 Å². The van der Waals surface area contributed by atoms with Crippen molar-refractivity contribution in [3.8, 4) is 0 Å². The Hall–Kier alpha value is -1.79. The first-order valence-electron chi connectivity index (χ1n) is 7.74. The second-order valence-electron chi connectivity index (χ2n) is 7.43. The smallest absolute Gasteiger partial charge is 0.408 e. The van der Waals surface area contributed by atoms with Crippen molar-refractivity contribution in [3.05, 3.63) is 0 Å². The molecule has 0 fully saturated rings. The summed E-state index contributed by atoms with van der Waals surface area (Å²) in [7, 11) is 0. The topological polar surface area (TPSA) is 93.7 Å². The minimum Gasteiger partial charge on any atom is -0.464 e. The second kappa shape index (κ2) is 8.17. The molecule has 2 N–H and O–H groups in total. The van der Waals surface area contributed by atoms with Crippen molar-refractivity contribution >= 4 is 18.0 Å². The fourth-order valence-corrected chi connectivity index (χ4v) is 1.67. The summed E-state index contributed by atoms with van der Waals surface area (Å²) in [5, 5.41) is 5.06. The first-order chi connectivity index (χ1) is 10.3. The molecule has 2 amide bonds. The van der Waals surface area contributed by atoms with Crippen molar-refractivity contribution in [2.24, 2.45) is 5.41 Å². The van der Waals surface area contributed by atoms with Crippen LogP contribution in [0.1, 0.15) is 55.4 Å². The highest BCUT2D eigenvalue weighted by Crippen LogP contribution is 2.20. The molecule has 0 radical (unpaired) electrons. The minimum absolute atomic E-state index is 0.229. The average molecular weight is 330 g/mol. The fraction of sp³-hybridized carbons (Fsp3) is 0.812. The maximum Gasteiger partial charge on any atom is 0.408 e. The van der Waals surface area contributed by atoms with Crippen molar-refractivity contribution < 1.29 is 23.9 Å². The summed E-state index contributed by atoms with van der Waals surface area (Å²) in [5.41, 5.74) is -1.17. The van der Waals surface area contributed by atoms with Crippen LogP contribution < -0.4 is 10.6 Å². The Bertz CT molecular complexity index is 435. The van der Waals surface area contributed by atoms with Gasteiger partial charge in [0.2, 0.25) is 5.91 Å². The largest absolute Gasteiger partial charge is 0.464 e. The Morgan fingerprint density at radius 2 is 1.52 bits per heavy atom. The molecule has 2 atom stereocenters. The normalized spacial score (nSPS) is 14.4. The second-order valence-corrected chi connectivity index (χ2v) is 7.43. The van der Waals surface area contributed by atoms with Gasteiger partial charge in [0.1, 0.15) is 17.7 Å². The lowest BCUT2D eigenvalue weighted by atomic mass is 9.86. The summed E-state index contributed by atoms with van der Waals surface area (Å²) in [6, 6.07) is -1.65. The number of carbonyl (C=O) groups is 3. The first-order valence-corrected chi connectivity index (χ1v) is 7.74. The van der Waals surface area contributed by atoms with Gasteiger partial charge in [0.25, 0.3) is 0 Å². The van der Waals surface area contributed by atoms with Gasteiger partial charge in [-0.3, -0.25) is 4.79 Å². The number of alkyl carbamates (subject to hydrolysis) is 1. The third-order valence-corrected chi connectivity index (χ3v) is 2.80. The van der Waals surface area contributed by atoms with Crippen molar-refractivity contribution in [1.82, 2.24) is 10.6 Å². The van der Waals surface area contributed by atoms with Gasteiger partial charge in [-0.2, -0.15) is 0 Å². The number of esters is 1. The zero-order valence-corrected chi connectivity index (χ0v) is 15.4. The summed E-state index contributed by atoms with van der Waals surface area (Å²) in [5.74, 6) is -0.985. The lowest BCUT2D eigenvalue weighted by molar-refractivity contribution is -0.150. The maximum atomic E-state index is 12.2. The van der Waals surface area contributed by atoms with Gasteiger partial charge in [-0.1, -0.05) is 20.8 Å². The van der Waals surface area contributed by atoms with Gasteiger partial charge in [0.05, 0.1) is 6.61 Å². The van der Waals surface area contributed by atoms with Gasteiger partial charge < -0.3 is 20.1 Å². The maximum absolute atomic E-state index is 12.2. The molecule has 23 heavy (non-hydrogen) atoms. The molecule has 0 aliphatic heterocycles. The van der Waals surface area contributed by atoms with Gasteiger partial charge >= 0.3 is 12.1 Å². The number of carbonyl (C=O) groups excluding carboxylic acids is 3. The van der Waals surface area contributed by atoms with Crippen LogP contribution in [0, 0.1) is 5.41 Å². The van der Waals surface area contributed by atoms with E-state index < -0.39 is 41.1 Å². The van der Waals surface area contributed by atoms with E-state index in [4.69, 9.17) is 9.47 Å². The fourth-order valence-electron chi connectivity index (χ4n) is 1.67. The molecule has 0 unspecified atom stereocenters. The predicted molar refractivity (Wildman–Crippen MR) is 86.9 cm³/mol. The summed E-state index contributed by atoms with van der Waals surface area (Å²) in [6.45, 7) is 14.1. The van der Waals surface area contributed by atoms with Gasteiger partial charge in [-0.25, -0.2) is 9.59 Å². The van der Waals surface area contributed by atoms with Crippen LogP contribution in [0.15, 0.2) is 0 Å². The van der Waals surface area contributed by atoms with Crippen LogP contribution in [0.2, 0.25) is 0 Å². The quantitative estimate of drug-likeness (QED) is 0.752. The Morgan fingerprint density at radius 1 is 1.00 bits per heavy atom. The summed E-state index contributed by atoms with van der Waals surface area (Å²) in [4.78, 5) is 35.9. The van der Waals surface area contributed by atoms with Gasteiger partial charge in [-0.15, -0.1) is 0 Å². The van der Waals surface area contributed by atoms with E-state index in [2.05, 4.69) is 10.6 Å². The molecule has 0 spiro atoms. The molecule has 0 aliphatic carbocycles. The van der Waals surface area contributed by atoms with E-state index in [-0.39, 0.29) is 6.61 Å². The van der Waals surface area contributed by atoms with E-state index in [9.17, 15) is 14.4 Å². The first kappa shape index (κ1) is 21.2. The summed E-state index contributed by atoms with van der Waals surface area (Å²) >= 11 is 0. The number of hydrogen-bond donors (Lipinski definition) is 2. The minimum atomic E-state index is -0.843. The monoisotopic (exact) mass is 330 g/mol. The van der Waals surface area contributed by atoms with Crippen LogP contribution in [-0.2, 0) is 19.1 Å². The Balaban J connectivity index is 4.80. The van der Waals surface area contributed by atoms with Crippen LogP contribution in [-0.4, -0.2) is 42.3 Å². The molecule has 134 valence electrons. The molecule has 7 nitrogen and oxygen atoms in total. The Morgan fingerprint density at radius 3 is 1.91 bits per heavy atom. The molecule has 0 rings (SSSR count). The van der Waals surface area contributed by atoms with Crippen LogP contribution in [0.4, 0.5) is 4.79 Å². The van der Waals surface area contributed by atoms with Crippen molar-refractivity contribution in [1.29, 1.82) is 0 Å². The Labute approximate surface area is 138 Å². The molecule has 0 saturated heterocycles. The van der Waals surface area contributed by atoms with Crippen molar-refractivity contribution in [3.63, 3.8) is 0 Å². The zero-order valence-electron chi connectivity index (χ0n) is 15.4. The summed E-state index contributed by atoms with van der Waals surface area (Å²) < 4.78 is 10.1. The molecule has 0 aliphatic rings. The van der Waals surface area contributed by atoms with Crippen LogP contribution in [0.25, 0.3) is 0 Å². The van der Waals surface area contributed by atoms with E-state index in [1.807, 2.05) is 20.8 Å². The molecule has 0 aromatic carbocycles. The van der Waals surface area contributed by atoms with Gasteiger partial charge in [0, 0.05) is 0 Å². The molecule has 7 heteroatoms. The highest BCUT2D eigenvalue weighted by atomic mass is 16.6.